The van der Waals surface area contributed by atoms with E-state index in [-0.39, 0.29) is 0 Å². The summed E-state index contributed by atoms with van der Waals surface area (Å²) in [5.41, 5.74) is 2.66. The standard InChI is InChI=1S/C15H21NO/c17-13-7-9-14-8-3-4-10-15(14)16-11-5-1-2-6-12-16/h3-4,8,10,13H,1-2,5-7,9,11-12H2. The number of rotatable bonds is 4. The van der Waals surface area contributed by atoms with Gasteiger partial charge < -0.3 is 9.69 Å². The summed E-state index contributed by atoms with van der Waals surface area (Å²) in [6.07, 6.45) is 7.81. The van der Waals surface area contributed by atoms with E-state index < -0.39 is 0 Å². The first kappa shape index (κ1) is 12.2. The molecule has 0 aliphatic carbocycles. The molecule has 1 aliphatic rings. The van der Waals surface area contributed by atoms with E-state index in [1.807, 2.05) is 0 Å². The molecule has 0 aromatic heterocycles. The van der Waals surface area contributed by atoms with Crippen molar-refractivity contribution in [2.24, 2.45) is 0 Å². The van der Waals surface area contributed by atoms with Gasteiger partial charge in [0.05, 0.1) is 0 Å². The lowest BCUT2D eigenvalue weighted by atomic mass is 10.1. The number of anilines is 1. The van der Waals surface area contributed by atoms with Gasteiger partial charge in [0.2, 0.25) is 0 Å². The molecular formula is C15H21NO. The molecule has 1 aromatic rings. The van der Waals surface area contributed by atoms with Crippen LogP contribution in [-0.4, -0.2) is 19.4 Å². The van der Waals surface area contributed by atoms with Gasteiger partial charge in [-0.2, -0.15) is 0 Å². The van der Waals surface area contributed by atoms with Crippen molar-refractivity contribution in [3.8, 4) is 0 Å². The van der Waals surface area contributed by atoms with Crippen LogP contribution < -0.4 is 4.90 Å². The Morgan fingerprint density at radius 1 is 1.06 bits per heavy atom. The Bertz CT molecular complexity index is 354. The number of hydrogen-bond acceptors (Lipinski definition) is 2. The summed E-state index contributed by atoms with van der Waals surface area (Å²) >= 11 is 0. The van der Waals surface area contributed by atoms with Gasteiger partial charge in [0.15, 0.2) is 0 Å². The van der Waals surface area contributed by atoms with Crippen molar-refractivity contribution in [1.29, 1.82) is 0 Å². The second-order valence-corrected chi connectivity index (χ2v) is 4.74. The number of carbonyl (C=O) groups is 1. The van der Waals surface area contributed by atoms with E-state index in [0.29, 0.717) is 6.42 Å². The quantitative estimate of drug-likeness (QED) is 0.742. The summed E-state index contributed by atoms with van der Waals surface area (Å²) in [5, 5.41) is 0. The second kappa shape index (κ2) is 6.43. The number of nitrogens with zero attached hydrogens (tertiary/aromatic N) is 1. The molecule has 0 amide bonds. The predicted octanol–water partition coefficient (Wildman–Crippen LogP) is 3.20. The van der Waals surface area contributed by atoms with E-state index in [2.05, 4.69) is 29.2 Å². The fraction of sp³-hybridized carbons (Fsp3) is 0.533. The van der Waals surface area contributed by atoms with Crippen LogP contribution in [0.3, 0.4) is 0 Å². The smallest absolute Gasteiger partial charge is 0.120 e. The van der Waals surface area contributed by atoms with Gasteiger partial charge in [-0.15, -0.1) is 0 Å². The molecule has 0 spiro atoms. The Kier molecular flexibility index (Phi) is 4.60. The highest BCUT2D eigenvalue weighted by Crippen LogP contribution is 2.24. The van der Waals surface area contributed by atoms with Gasteiger partial charge >= 0.3 is 0 Å². The van der Waals surface area contributed by atoms with Crippen LogP contribution in [0.1, 0.15) is 37.7 Å². The van der Waals surface area contributed by atoms with E-state index in [1.54, 1.807) is 0 Å². The monoisotopic (exact) mass is 231 g/mol. The van der Waals surface area contributed by atoms with Gasteiger partial charge in [0, 0.05) is 25.2 Å². The fourth-order valence-corrected chi connectivity index (χ4v) is 2.56. The van der Waals surface area contributed by atoms with Crippen LogP contribution in [0.5, 0.6) is 0 Å². The summed E-state index contributed by atoms with van der Waals surface area (Å²) in [5.74, 6) is 0. The lowest BCUT2D eigenvalue weighted by Crippen LogP contribution is -2.25. The van der Waals surface area contributed by atoms with Crippen LogP contribution in [0, 0.1) is 0 Å². The topological polar surface area (TPSA) is 20.3 Å². The van der Waals surface area contributed by atoms with Gasteiger partial charge in [0.1, 0.15) is 6.29 Å². The Morgan fingerprint density at radius 2 is 1.76 bits per heavy atom. The maximum atomic E-state index is 10.5. The number of hydrogen-bond donors (Lipinski definition) is 0. The third-order valence-corrected chi connectivity index (χ3v) is 3.47. The molecule has 1 saturated heterocycles. The summed E-state index contributed by atoms with van der Waals surface area (Å²) in [6.45, 7) is 2.33. The van der Waals surface area contributed by atoms with Crippen molar-refractivity contribution in [3.05, 3.63) is 29.8 Å². The van der Waals surface area contributed by atoms with Crippen LogP contribution in [-0.2, 0) is 11.2 Å². The zero-order valence-corrected chi connectivity index (χ0v) is 10.4. The molecule has 17 heavy (non-hydrogen) atoms. The maximum Gasteiger partial charge on any atom is 0.120 e. The van der Waals surface area contributed by atoms with Crippen molar-refractivity contribution in [1.82, 2.24) is 0 Å². The molecule has 1 heterocycles. The molecule has 92 valence electrons. The molecule has 0 unspecified atom stereocenters. The average molecular weight is 231 g/mol. The fourth-order valence-electron chi connectivity index (χ4n) is 2.56. The van der Waals surface area contributed by atoms with Crippen molar-refractivity contribution < 1.29 is 4.79 Å². The first-order valence-electron chi connectivity index (χ1n) is 6.68. The number of para-hydroxylation sites is 1. The molecule has 2 rings (SSSR count). The predicted molar refractivity (Wildman–Crippen MR) is 71.5 cm³/mol. The van der Waals surface area contributed by atoms with Crippen molar-refractivity contribution in [2.45, 2.75) is 38.5 Å². The largest absolute Gasteiger partial charge is 0.371 e. The summed E-state index contributed by atoms with van der Waals surface area (Å²) < 4.78 is 0. The first-order valence-corrected chi connectivity index (χ1v) is 6.68. The third-order valence-electron chi connectivity index (χ3n) is 3.47. The highest BCUT2D eigenvalue weighted by Gasteiger charge is 2.12. The van der Waals surface area contributed by atoms with Crippen LogP contribution in [0.2, 0.25) is 0 Å². The molecule has 1 fully saturated rings. The van der Waals surface area contributed by atoms with Crippen molar-refractivity contribution in [2.75, 3.05) is 18.0 Å². The van der Waals surface area contributed by atoms with Gasteiger partial charge in [-0.05, 0) is 30.9 Å². The molecule has 0 N–H and O–H groups in total. The Balaban J connectivity index is 2.14. The first-order chi connectivity index (χ1) is 8.42. The molecular weight excluding hydrogens is 210 g/mol. The lowest BCUT2D eigenvalue weighted by molar-refractivity contribution is -0.107. The maximum absolute atomic E-state index is 10.5. The highest BCUT2D eigenvalue weighted by molar-refractivity contribution is 5.56. The van der Waals surface area contributed by atoms with Gasteiger partial charge in [0.25, 0.3) is 0 Å². The van der Waals surface area contributed by atoms with Crippen LogP contribution >= 0.6 is 0 Å². The molecule has 1 aliphatic heterocycles. The minimum absolute atomic E-state index is 0.630. The van der Waals surface area contributed by atoms with Crippen molar-refractivity contribution in [3.63, 3.8) is 0 Å². The zero-order chi connectivity index (χ0) is 11.9. The molecule has 1 aromatic carbocycles. The second-order valence-electron chi connectivity index (χ2n) is 4.74. The summed E-state index contributed by atoms with van der Waals surface area (Å²) in [6, 6.07) is 8.53. The van der Waals surface area contributed by atoms with Gasteiger partial charge in [-0.25, -0.2) is 0 Å². The average Bonchev–Trinajstić information content (AvgIpc) is 2.65. The molecule has 0 atom stereocenters. The molecule has 0 bridgehead atoms. The Morgan fingerprint density at radius 3 is 2.47 bits per heavy atom. The minimum Gasteiger partial charge on any atom is -0.371 e. The zero-order valence-electron chi connectivity index (χ0n) is 10.4. The van der Waals surface area contributed by atoms with Crippen LogP contribution in [0.4, 0.5) is 5.69 Å². The molecule has 0 radical (unpaired) electrons. The molecule has 0 saturated carbocycles. The number of benzene rings is 1. The normalized spacial score (nSPS) is 16.6. The minimum atomic E-state index is 0.630. The van der Waals surface area contributed by atoms with E-state index in [0.717, 1.165) is 25.8 Å². The summed E-state index contributed by atoms with van der Waals surface area (Å²) in [4.78, 5) is 13.0. The summed E-state index contributed by atoms with van der Waals surface area (Å²) in [7, 11) is 0. The third kappa shape index (κ3) is 3.32. The number of aldehydes is 1. The van der Waals surface area contributed by atoms with Gasteiger partial charge in [-0.1, -0.05) is 31.0 Å². The SMILES string of the molecule is O=CCCc1ccccc1N1CCCCCC1. The van der Waals surface area contributed by atoms with Crippen molar-refractivity contribution >= 4 is 12.0 Å². The van der Waals surface area contributed by atoms with E-state index in [4.69, 9.17) is 0 Å². The molecule has 2 nitrogen and oxygen atoms in total. The molecule has 2 heteroatoms. The Hall–Kier alpha value is -1.31. The van der Waals surface area contributed by atoms with E-state index in [1.165, 1.54) is 36.9 Å². The van der Waals surface area contributed by atoms with Crippen LogP contribution in [0.15, 0.2) is 24.3 Å². The van der Waals surface area contributed by atoms with E-state index in [9.17, 15) is 4.79 Å². The highest BCUT2D eigenvalue weighted by atomic mass is 16.1. The lowest BCUT2D eigenvalue weighted by Gasteiger charge is -2.25. The Labute approximate surface area is 104 Å². The number of carbonyl (C=O) groups excluding carboxylic acids is 1. The number of aryl methyl sites for hydroxylation is 1. The van der Waals surface area contributed by atoms with Gasteiger partial charge in [-0.3, -0.25) is 0 Å². The van der Waals surface area contributed by atoms with E-state index >= 15 is 0 Å². The van der Waals surface area contributed by atoms with Crippen LogP contribution in [0.25, 0.3) is 0 Å².